The first kappa shape index (κ1) is 35.2. The van der Waals surface area contributed by atoms with Gasteiger partial charge in [0, 0.05) is 24.0 Å². The number of hydrogen-bond donors (Lipinski definition) is 1. The number of rotatable bonds is 12. The molecule has 7 nitrogen and oxygen atoms in total. The van der Waals surface area contributed by atoms with E-state index in [-0.39, 0.29) is 29.8 Å². The van der Waals surface area contributed by atoms with E-state index in [2.05, 4.69) is 5.32 Å². The van der Waals surface area contributed by atoms with E-state index in [0.29, 0.717) is 16.3 Å². The lowest BCUT2D eigenvalue weighted by Crippen LogP contribution is -2.55. The van der Waals surface area contributed by atoms with Gasteiger partial charge in [-0.1, -0.05) is 115 Å². The molecule has 2 amide bonds. The number of halogens is 1. The van der Waals surface area contributed by atoms with Crippen LogP contribution >= 0.6 is 11.6 Å². The van der Waals surface area contributed by atoms with Gasteiger partial charge < -0.3 is 10.2 Å². The van der Waals surface area contributed by atoms with E-state index in [1.807, 2.05) is 68.4 Å². The Morgan fingerprint density at radius 3 is 2.19 bits per heavy atom. The summed E-state index contributed by atoms with van der Waals surface area (Å²) in [6.45, 7) is 5.25. The van der Waals surface area contributed by atoms with Crippen molar-refractivity contribution in [1.29, 1.82) is 0 Å². The molecule has 48 heavy (non-hydrogen) atoms. The molecule has 0 radical (unpaired) electrons. The van der Waals surface area contributed by atoms with Gasteiger partial charge in [-0.2, -0.15) is 0 Å². The second-order valence-corrected chi connectivity index (χ2v) is 15.1. The van der Waals surface area contributed by atoms with Gasteiger partial charge in [0.15, 0.2) is 0 Å². The molecular formula is C39H44ClN3O4S. The van der Waals surface area contributed by atoms with Crippen LogP contribution < -0.4 is 9.62 Å². The van der Waals surface area contributed by atoms with Crippen LogP contribution in [-0.2, 0) is 32.6 Å². The molecule has 252 valence electrons. The van der Waals surface area contributed by atoms with E-state index in [0.717, 1.165) is 58.7 Å². The van der Waals surface area contributed by atoms with Gasteiger partial charge in [0.05, 0.1) is 10.6 Å². The fourth-order valence-electron chi connectivity index (χ4n) is 6.31. The quantitative estimate of drug-likeness (QED) is 0.167. The van der Waals surface area contributed by atoms with Gasteiger partial charge in [-0.3, -0.25) is 13.9 Å². The Labute approximate surface area is 290 Å². The zero-order chi connectivity index (χ0) is 34.3. The number of carbonyl (C=O) groups excluding carboxylic acids is 2. The van der Waals surface area contributed by atoms with Crippen molar-refractivity contribution in [2.75, 3.05) is 10.8 Å². The van der Waals surface area contributed by atoms with Crippen molar-refractivity contribution in [3.8, 4) is 0 Å². The minimum Gasteiger partial charge on any atom is -0.352 e. The Hall–Kier alpha value is -4.14. The summed E-state index contributed by atoms with van der Waals surface area (Å²) < 4.78 is 29.8. The number of anilines is 1. The van der Waals surface area contributed by atoms with Gasteiger partial charge in [-0.05, 0) is 74.6 Å². The van der Waals surface area contributed by atoms with Gasteiger partial charge in [0.25, 0.3) is 10.0 Å². The van der Waals surface area contributed by atoms with Gasteiger partial charge in [0.2, 0.25) is 11.8 Å². The van der Waals surface area contributed by atoms with Crippen LogP contribution in [0.5, 0.6) is 0 Å². The van der Waals surface area contributed by atoms with Gasteiger partial charge in [-0.25, -0.2) is 8.42 Å². The zero-order valence-corrected chi connectivity index (χ0v) is 29.4. The standard InChI is InChI=1S/C39H44ClN3O4S/c1-28-17-21-35(22-18-28)48(46,47)43(36-25-33(40)20-19-30(36)3)27-38(44)42(26-32-14-10-11-29(2)23-32)37(24-31-12-6-4-7-13-31)39(45)41-34-15-8-5-9-16-34/h4,6-7,10-14,17-23,25,34,37H,5,8-9,15-16,24,26-27H2,1-3H3,(H,41,45)/t37-/m0/s1. The molecule has 0 heterocycles. The summed E-state index contributed by atoms with van der Waals surface area (Å²) in [7, 11) is -4.22. The number of amides is 2. The van der Waals surface area contributed by atoms with Crippen molar-refractivity contribution < 1.29 is 18.0 Å². The lowest BCUT2D eigenvalue weighted by molar-refractivity contribution is -0.140. The van der Waals surface area contributed by atoms with Gasteiger partial charge in [0.1, 0.15) is 12.6 Å². The highest BCUT2D eigenvalue weighted by Crippen LogP contribution is 2.30. The summed E-state index contributed by atoms with van der Waals surface area (Å²) in [6.07, 6.45) is 5.30. The molecule has 5 rings (SSSR count). The van der Waals surface area contributed by atoms with Crippen molar-refractivity contribution in [3.05, 3.63) is 130 Å². The van der Waals surface area contributed by atoms with Crippen LogP contribution in [0.2, 0.25) is 5.02 Å². The molecule has 4 aromatic rings. The summed E-state index contributed by atoms with van der Waals surface area (Å²) in [4.78, 5) is 30.7. The van der Waals surface area contributed by atoms with Crippen LogP contribution in [-0.4, -0.2) is 43.8 Å². The lowest BCUT2D eigenvalue weighted by Gasteiger charge is -2.35. The fraction of sp³-hybridized carbons (Fsp3) is 0.333. The average molecular weight is 686 g/mol. The van der Waals surface area contributed by atoms with Crippen molar-refractivity contribution in [3.63, 3.8) is 0 Å². The number of sulfonamides is 1. The Morgan fingerprint density at radius 2 is 1.50 bits per heavy atom. The van der Waals surface area contributed by atoms with E-state index in [4.69, 9.17) is 11.6 Å². The van der Waals surface area contributed by atoms with E-state index in [1.54, 1.807) is 54.3 Å². The van der Waals surface area contributed by atoms with Crippen molar-refractivity contribution in [2.24, 2.45) is 0 Å². The third-order valence-corrected chi connectivity index (χ3v) is 11.0. The third kappa shape index (κ3) is 8.85. The van der Waals surface area contributed by atoms with Crippen molar-refractivity contribution >= 4 is 39.1 Å². The van der Waals surface area contributed by atoms with Crippen LogP contribution in [0, 0.1) is 20.8 Å². The first-order valence-corrected chi connectivity index (χ1v) is 18.4. The predicted molar refractivity (Wildman–Crippen MR) is 193 cm³/mol. The first-order valence-electron chi connectivity index (χ1n) is 16.6. The Bertz CT molecular complexity index is 1820. The summed E-state index contributed by atoms with van der Waals surface area (Å²) in [5.41, 5.74) is 4.62. The highest BCUT2D eigenvalue weighted by molar-refractivity contribution is 7.92. The van der Waals surface area contributed by atoms with E-state index in [9.17, 15) is 18.0 Å². The van der Waals surface area contributed by atoms with Crippen molar-refractivity contribution in [1.82, 2.24) is 10.2 Å². The number of nitrogens with one attached hydrogen (secondary N) is 1. The molecule has 4 aromatic carbocycles. The van der Waals surface area contributed by atoms with Crippen LogP contribution in [0.25, 0.3) is 0 Å². The summed E-state index contributed by atoms with van der Waals surface area (Å²) in [5.74, 6) is -0.732. The molecule has 0 saturated heterocycles. The number of nitrogens with zero attached hydrogens (tertiary/aromatic N) is 2. The topological polar surface area (TPSA) is 86.8 Å². The fourth-order valence-corrected chi connectivity index (χ4v) is 7.94. The SMILES string of the molecule is Cc1ccc(S(=O)(=O)N(CC(=O)N(Cc2cccc(C)c2)[C@@H](Cc2ccccc2)C(=O)NC2CCCCC2)c2cc(Cl)ccc2C)cc1. The molecule has 1 aliphatic rings. The van der Waals surface area contributed by atoms with Crippen molar-refractivity contribution in [2.45, 2.75) is 82.8 Å². The molecule has 1 saturated carbocycles. The third-order valence-electron chi connectivity index (χ3n) is 8.99. The normalized spacial score (nSPS) is 14.2. The maximum absolute atomic E-state index is 14.8. The van der Waals surface area contributed by atoms with Crippen LogP contribution in [0.4, 0.5) is 5.69 Å². The zero-order valence-electron chi connectivity index (χ0n) is 27.9. The Kier molecular flexibility index (Phi) is 11.6. The number of aryl methyl sites for hydroxylation is 3. The molecule has 1 aliphatic carbocycles. The molecular weight excluding hydrogens is 642 g/mol. The highest BCUT2D eigenvalue weighted by atomic mass is 35.5. The molecule has 0 aromatic heterocycles. The second-order valence-electron chi connectivity index (χ2n) is 12.8. The number of benzene rings is 4. The minimum atomic E-state index is -4.22. The largest absolute Gasteiger partial charge is 0.352 e. The maximum Gasteiger partial charge on any atom is 0.264 e. The first-order chi connectivity index (χ1) is 23.0. The minimum absolute atomic E-state index is 0.0352. The predicted octanol–water partition coefficient (Wildman–Crippen LogP) is 7.55. The molecule has 1 N–H and O–H groups in total. The number of hydrogen-bond acceptors (Lipinski definition) is 4. The summed E-state index contributed by atoms with van der Waals surface area (Å²) in [6, 6.07) is 28.1. The highest BCUT2D eigenvalue weighted by Gasteiger charge is 2.36. The smallest absolute Gasteiger partial charge is 0.264 e. The van der Waals surface area contributed by atoms with Crippen LogP contribution in [0.1, 0.15) is 59.9 Å². The molecule has 1 fully saturated rings. The van der Waals surface area contributed by atoms with Gasteiger partial charge >= 0.3 is 0 Å². The average Bonchev–Trinajstić information content (AvgIpc) is 3.07. The molecule has 9 heteroatoms. The summed E-state index contributed by atoms with van der Waals surface area (Å²) in [5, 5.41) is 3.60. The van der Waals surface area contributed by atoms with Crippen LogP contribution in [0.3, 0.4) is 0 Å². The van der Waals surface area contributed by atoms with E-state index in [1.165, 1.54) is 0 Å². The van der Waals surface area contributed by atoms with Gasteiger partial charge in [-0.15, -0.1) is 0 Å². The molecule has 1 atom stereocenters. The lowest BCUT2D eigenvalue weighted by atomic mass is 9.94. The maximum atomic E-state index is 14.8. The molecule has 0 bridgehead atoms. The Morgan fingerprint density at radius 1 is 0.812 bits per heavy atom. The number of carbonyl (C=O) groups is 2. The Balaban J connectivity index is 1.59. The molecule has 0 unspecified atom stereocenters. The van der Waals surface area contributed by atoms with E-state index < -0.39 is 28.5 Å². The monoisotopic (exact) mass is 685 g/mol. The second kappa shape index (κ2) is 15.8. The summed E-state index contributed by atoms with van der Waals surface area (Å²) >= 11 is 6.40. The van der Waals surface area contributed by atoms with E-state index >= 15 is 0 Å². The molecule has 0 aliphatic heterocycles. The van der Waals surface area contributed by atoms with Crippen LogP contribution in [0.15, 0.2) is 102 Å². The molecule has 0 spiro atoms.